The van der Waals surface area contributed by atoms with Crippen LogP contribution in [0.15, 0.2) is 47.3 Å². The first-order valence-electron chi connectivity index (χ1n) is 8.18. The Morgan fingerprint density at radius 3 is 2.68 bits per heavy atom. The molecule has 0 amide bonds. The number of hydrogen-bond acceptors (Lipinski definition) is 4. The maximum Gasteiger partial charge on any atom is 0.174 e. The van der Waals surface area contributed by atoms with Crippen molar-refractivity contribution in [2.45, 2.75) is 26.8 Å². The highest BCUT2D eigenvalue weighted by Gasteiger charge is 2.15. The molecule has 0 atom stereocenters. The molecule has 0 unspecified atom stereocenters. The number of aromatic amines is 1. The number of nitrogens with one attached hydrogen (secondary N) is 2. The minimum Gasteiger partial charge on any atom is -0.467 e. The number of imidazole rings is 1. The number of furan rings is 1. The molecule has 2 N–H and O–H groups in total. The summed E-state index contributed by atoms with van der Waals surface area (Å²) in [5.74, 6) is 1.63. The van der Waals surface area contributed by atoms with Crippen LogP contribution in [-0.2, 0) is 13.0 Å². The number of rotatable bonds is 4. The summed E-state index contributed by atoms with van der Waals surface area (Å²) >= 11 is 0. The average Bonchev–Trinajstić information content (AvgIpc) is 3.25. The summed E-state index contributed by atoms with van der Waals surface area (Å²) in [6.45, 7) is 4.74. The Balaban J connectivity index is 1.88. The van der Waals surface area contributed by atoms with E-state index in [9.17, 15) is 0 Å². The number of benzene rings is 1. The van der Waals surface area contributed by atoms with E-state index >= 15 is 0 Å². The first-order valence-corrected chi connectivity index (χ1v) is 8.18. The van der Waals surface area contributed by atoms with Gasteiger partial charge < -0.3 is 14.0 Å². The van der Waals surface area contributed by atoms with Crippen LogP contribution in [0.25, 0.3) is 11.2 Å². The van der Waals surface area contributed by atoms with Crippen molar-refractivity contribution in [1.82, 2.24) is 19.5 Å². The molecule has 0 aliphatic rings. The van der Waals surface area contributed by atoms with Crippen LogP contribution < -0.4 is 5.49 Å². The molecule has 6 heteroatoms. The lowest BCUT2D eigenvalue weighted by molar-refractivity contribution is 0.489. The number of aryl methyl sites for hydroxylation is 2. The molecule has 6 nitrogen and oxygen atoms in total. The van der Waals surface area contributed by atoms with Crippen molar-refractivity contribution in [2.75, 3.05) is 0 Å². The first kappa shape index (κ1) is 15.4. The molecule has 4 rings (SSSR count). The molecule has 0 bridgehead atoms. The zero-order valence-electron chi connectivity index (χ0n) is 14.2. The van der Waals surface area contributed by atoms with E-state index in [1.165, 1.54) is 16.7 Å². The van der Waals surface area contributed by atoms with E-state index in [4.69, 9.17) is 9.83 Å². The second-order valence-electron chi connectivity index (χ2n) is 6.19. The number of nitrogens with zero attached hydrogens (tertiary/aromatic N) is 3. The standard InChI is InChI=1S/C19H19N5O/c1-12-5-3-6-13(2)15(12)9-16-23-18(20)17-19(22-11-21-17)24(16)10-14-7-4-8-25-14/h3-8,11,20H,9-10H2,1-2H3,(H,21,22). The van der Waals surface area contributed by atoms with Crippen LogP contribution >= 0.6 is 0 Å². The van der Waals surface area contributed by atoms with Gasteiger partial charge in [0.2, 0.25) is 0 Å². The van der Waals surface area contributed by atoms with Crippen LogP contribution in [0.2, 0.25) is 0 Å². The quantitative estimate of drug-likeness (QED) is 0.602. The molecule has 0 spiro atoms. The van der Waals surface area contributed by atoms with Gasteiger partial charge in [-0.15, -0.1) is 0 Å². The van der Waals surface area contributed by atoms with Crippen molar-refractivity contribution in [2.24, 2.45) is 0 Å². The van der Waals surface area contributed by atoms with E-state index in [1.54, 1.807) is 12.6 Å². The van der Waals surface area contributed by atoms with Gasteiger partial charge in [-0.1, -0.05) is 18.2 Å². The van der Waals surface area contributed by atoms with Crippen molar-refractivity contribution < 1.29 is 4.42 Å². The maximum atomic E-state index is 8.22. The average molecular weight is 333 g/mol. The summed E-state index contributed by atoms with van der Waals surface area (Å²) in [4.78, 5) is 12.0. The Hall–Kier alpha value is -3.15. The summed E-state index contributed by atoms with van der Waals surface area (Å²) in [6, 6.07) is 10.1. The van der Waals surface area contributed by atoms with E-state index in [-0.39, 0.29) is 5.49 Å². The molecule has 0 aliphatic carbocycles. The Bertz CT molecular complexity index is 1070. The van der Waals surface area contributed by atoms with Crippen molar-refractivity contribution in [3.05, 3.63) is 76.7 Å². The zero-order valence-corrected chi connectivity index (χ0v) is 14.2. The second-order valence-corrected chi connectivity index (χ2v) is 6.19. The van der Waals surface area contributed by atoms with Gasteiger partial charge in [-0.3, -0.25) is 5.41 Å². The zero-order chi connectivity index (χ0) is 17.4. The Kier molecular flexibility index (Phi) is 3.72. The lowest BCUT2D eigenvalue weighted by Crippen LogP contribution is -2.20. The van der Waals surface area contributed by atoms with Crippen LogP contribution in [0.5, 0.6) is 0 Å². The molecule has 0 saturated carbocycles. The normalized spacial score (nSPS) is 11.3. The Morgan fingerprint density at radius 1 is 1.16 bits per heavy atom. The summed E-state index contributed by atoms with van der Waals surface area (Å²) < 4.78 is 7.53. The molecule has 3 heterocycles. The van der Waals surface area contributed by atoms with Gasteiger partial charge in [-0.05, 0) is 42.7 Å². The van der Waals surface area contributed by atoms with Crippen molar-refractivity contribution in [3.63, 3.8) is 0 Å². The SMILES string of the molecule is Cc1cccc(C)c1Cc1nc(=N)c2[nH]cnc2n1Cc1ccco1. The van der Waals surface area contributed by atoms with Crippen molar-refractivity contribution in [3.8, 4) is 0 Å². The minimum atomic E-state index is 0.212. The molecule has 3 aromatic heterocycles. The Labute approximate surface area is 144 Å². The van der Waals surface area contributed by atoms with E-state index < -0.39 is 0 Å². The highest BCUT2D eigenvalue weighted by Crippen LogP contribution is 2.19. The third kappa shape index (κ3) is 2.76. The van der Waals surface area contributed by atoms with Gasteiger partial charge in [0, 0.05) is 6.42 Å². The van der Waals surface area contributed by atoms with Gasteiger partial charge in [0.25, 0.3) is 0 Å². The largest absolute Gasteiger partial charge is 0.467 e. The van der Waals surface area contributed by atoms with Gasteiger partial charge in [0.15, 0.2) is 11.1 Å². The highest BCUT2D eigenvalue weighted by atomic mass is 16.3. The smallest absolute Gasteiger partial charge is 0.174 e. The number of fused-ring (bicyclic) bond motifs is 1. The minimum absolute atomic E-state index is 0.212. The third-order valence-electron chi connectivity index (χ3n) is 4.54. The molecule has 126 valence electrons. The van der Waals surface area contributed by atoms with Crippen LogP contribution in [0.4, 0.5) is 0 Å². The Morgan fingerprint density at radius 2 is 1.96 bits per heavy atom. The molecule has 25 heavy (non-hydrogen) atoms. The predicted octanol–water partition coefficient (Wildman–Crippen LogP) is 3.09. The van der Waals surface area contributed by atoms with E-state index in [0.717, 1.165) is 17.2 Å². The molecule has 0 aliphatic heterocycles. The van der Waals surface area contributed by atoms with E-state index in [1.807, 2.05) is 16.7 Å². The highest BCUT2D eigenvalue weighted by molar-refractivity contribution is 5.69. The van der Waals surface area contributed by atoms with Gasteiger partial charge in [0.1, 0.15) is 17.1 Å². The molecule has 1 aromatic carbocycles. The second kappa shape index (κ2) is 6.05. The van der Waals surface area contributed by atoms with Gasteiger partial charge in [-0.2, -0.15) is 0 Å². The van der Waals surface area contributed by atoms with Crippen molar-refractivity contribution >= 4 is 11.2 Å². The molecular formula is C19H19N5O. The summed E-state index contributed by atoms with van der Waals surface area (Å²) in [6.07, 6.45) is 3.91. The number of H-pyrrole nitrogens is 1. The van der Waals surface area contributed by atoms with Crippen molar-refractivity contribution in [1.29, 1.82) is 5.41 Å². The lowest BCUT2D eigenvalue weighted by atomic mass is 9.99. The maximum absolute atomic E-state index is 8.22. The molecule has 0 radical (unpaired) electrons. The van der Waals surface area contributed by atoms with Crippen LogP contribution in [0, 0.1) is 19.3 Å². The first-order chi connectivity index (χ1) is 12.1. The van der Waals surface area contributed by atoms with Gasteiger partial charge in [-0.25, -0.2) is 9.97 Å². The number of aromatic nitrogens is 4. The number of hydrogen-bond donors (Lipinski definition) is 2. The fourth-order valence-electron chi connectivity index (χ4n) is 3.18. The third-order valence-corrected chi connectivity index (χ3v) is 4.54. The van der Waals surface area contributed by atoms with Gasteiger partial charge in [0.05, 0.1) is 19.1 Å². The molecular weight excluding hydrogens is 314 g/mol. The summed E-state index contributed by atoms with van der Waals surface area (Å²) in [5.41, 5.74) is 5.25. The van der Waals surface area contributed by atoms with Crippen LogP contribution in [0.1, 0.15) is 28.3 Å². The predicted molar refractivity (Wildman–Crippen MR) is 94.3 cm³/mol. The summed E-state index contributed by atoms with van der Waals surface area (Å²) in [5, 5.41) is 8.22. The lowest BCUT2D eigenvalue weighted by Gasteiger charge is -2.15. The van der Waals surface area contributed by atoms with Crippen LogP contribution in [-0.4, -0.2) is 19.5 Å². The van der Waals surface area contributed by atoms with Crippen LogP contribution in [0.3, 0.4) is 0 Å². The van der Waals surface area contributed by atoms with Gasteiger partial charge >= 0.3 is 0 Å². The summed E-state index contributed by atoms with van der Waals surface area (Å²) in [7, 11) is 0. The van der Waals surface area contributed by atoms with E-state index in [2.05, 4.69) is 47.0 Å². The molecule has 0 saturated heterocycles. The monoisotopic (exact) mass is 333 g/mol. The fraction of sp³-hybridized carbons (Fsp3) is 0.211. The van der Waals surface area contributed by atoms with E-state index in [0.29, 0.717) is 18.5 Å². The fourth-order valence-corrected chi connectivity index (χ4v) is 3.18. The topological polar surface area (TPSA) is 83.5 Å². The molecule has 4 aromatic rings. The molecule has 0 fully saturated rings.